The Morgan fingerprint density at radius 2 is 1.85 bits per heavy atom. The van der Waals surface area contributed by atoms with Crippen LogP contribution in [0.3, 0.4) is 0 Å². The Morgan fingerprint density at radius 1 is 1.07 bits per heavy atom. The molecule has 0 amide bonds. The summed E-state index contributed by atoms with van der Waals surface area (Å²) < 4.78 is 0.964. The lowest BCUT2D eigenvalue weighted by atomic mass is 9.99. The number of thiophene rings is 1. The number of nitrogens with zero attached hydrogens (tertiary/aromatic N) is 2. The minimum Gasteiger partial charge on any atom is -0.478 e. The van der Waals surface area contributed by atoms with Crippen LogP contribution < -0.4 is 5.32 Å². The molecule has 2 aromatic carbocycles. The summed E-state index contributed by atoms with van der Waals surface area (Å²) in [4.78, 5) is 19.9. The molecular formula is C20H14ClN3O2S. The molecule has 0 fully saturated rings. The summed E-state index contributed by atoms with van der Waals surface area (Å²) in [5.41, 5.74) is 3.73. The number of fused-ring (bicyclic) bond motifs is 1. The van der Waals surface area contributed by atoms with Crippen molar-refractivity contribution in [1.82, 2.24) is 9.97 Å². The summed E-state index contributed by atoms with van der Waals surface area (Å²) >= 11 is 7.55. The Morgan fingerprint density at radius 3 is 2.63 bits per heavy atom. The van der Waals surface area contributed by atoms with E-state index in [0.717, 1.165) is 21.3 Å². The largest absolute Gasteiger partial charge is 0.478 e. The van der Waals surface area contributed by atoms with E-state index in [2.05, 4.69) is 15.3 Å². The van der Waals surface area contributed by atoms with E-state index in [1.54, 1.807) is 23.5 Å². The molecular weight excluding hydrogens is 382 g/mol. The quantitative estimate of drug-likeness (QED) is 0.447. The molecule has 0 aliphatic rings. The Kier molecular flexibility index (Phi) is 4.75. The van der Waals surface area contributed by atoms with Crippen molar-refractivity contribution in [2.45, 2.75) is 6.54 Å². The zero-order chi connectivity index (χ0) is 18.8. The number of hydrogen-bond acceptors (Lipinski definition) is 5. The van der Waals surface area contributed by atoms with Gasteiger partial charge in [0.25, 0.3) is 0 Å². The van der Waals surface area contributed by atoms with Gasteiger partial charge in [0.2, 0.25) is 5.28 Å². The van der Waals surface area contributed by atoms with Gasteiger partial charge in [0, 0.05) is 6.54 Å². The van der Waals surface area contributed by atoms with Crippen LogP contribution in [0.4, 0.5) is 5.82 Å². The van der Waals surface area contributed by atoms with Gasteiger partial charge in [-0.05, 0) is 45.8 Å². The highest BCUT2D eigenvalue weighted by Gasteiger charge is 2.11. The topological polar surface area (TPSA) is 75.1 Å². The van der Waals surface area contributed by atoms with E-state index >= 15 is 0 Å². The van der Waals surface area contributed by atoms with Crippen molar-refractivity contribution in [3.05, 3.63) is 76.4 Å². The van der Waals surface area contributed by atoms with Gasteiger partial charge in [-0.1, -0.05) is 42.5 Å². The first-order valence-electron chi connectivity index (χ1n) is 8.18. The zero-order valence-electron chi connectivity index (χ0n) is 14.0. The van der Waals surface area contributed by atoms with E-state index in [1.807, 2.05) is 47.8 Å². The van der Waals surface area contributed by atoms with E-state index in [1.165, 1.54) is 0 Å². The van der Waals surface area contributed by atoms with Gasteiger partial charge in [-0.25, -0.2) is 9.78 Å². The lowest BCUT2D eigenvalue weighted by Crippen LogP contribution is -2.02. The maximum absolute atomic E-state index is 11.4. The molecule has 4 aromatic rings. The van der Waals surface area contributed by atoms with Crippen LogP contribution in [0.2, 0.25) is 5.28 Å². The second-order valence-corrected chi connectivity index (χ2v) is 7.13. The van der Waals surface area contributed by atoms with Crippen LogP contribution in [0.1, 0.15) is 15.9 Å². The monoisotopic (exact) mass is 395 g/mol. The van der Waals surface area contributed by atoms with Crippen LogP contribution in [-0.2, 0) is 6.54 Å². The molecule has 0 bridgehead atoms. The zero-order valence-corrected chi connectivity index (χ0v) is 15.6. The van der Waals surface area contributed by atoms with Crippen LogP contribution in [-0.4, -0.2) is 21.0 Å². The van der Waals surface area contributed by atoms with Gasteiger partial charge in [-0.2, -0.15) is 4.98 Å². The van der Waals surface area contributed by atoms with Gasteiger partial charge < -0.3 is 10.4 Å². The fourth-order valence-corrected chi connectivity index (χ4v) is 3.84. The number of anilines is 1. The van der Waals surface area contributed by atoms with E-state index in [-0.39, 0.29) is 5.28 Å². The van der Waals surface area contributed by atoms with E-state index in [4.69, 9.17) is 11.6 Å². The molecule has 0 saturated carbocycles. The number of nitrogens with one attached hydrogen (secondary N) is 1. The SMILES string of the molecule is O=C(O)c1ccccc1-c1ccc(CNc2nc(Cl)nc3ccsc23)cc1. The van der Waals surface area contributed by atoms with E-state index in [0.29, 0.717) is 23.5 Å². The average molecular weight is 396 g/mol. The molecule has 2 N–H and O–H groups in total. The van der Waals surface area contributed by atoms with E-state index in [9.17, 15) is 9.90 Å². The summed E-state index contributed by atoms with van der Waals surface area (Å²) in [6.07, 6.45) is 0. The summed E-state index contributed by atoms with van der Waals surface area (Å²) in [6, 6.07) is 16.7. The maximum atomic E-state index is 11.4. The molecule has 0 unspecified atom stereocenters. The van der Waals surface area contributed by atoms with Crippen molar-refractivity contribution in [2.24, 2.45) is 0 Å². The van der Waals surface area contributed by atoms with Crippen molar-refractivity contribution in [1.29, 1.82) is 0 Å². The lowest BCUT2D eigenvalue weighted by Gasteiger charge is -2.09. The van der Waals surface area contributed by atoms with Crippen LogP contribution in [0.25, 0.3) is 21.3 Å². The standard InChI is InChI=1S/C20H14ClN3O2S/c21-20-23-16-9-10-27-17(16)18(24-20)22-11-12-5-7-13(8-6-12)14-3-1-2-4-15(14)19(25)26/h1-10H,11H2,(H,25,26)(H,22,23,24). The Labute approximate surface area is 164 Å². The van der Waals surface area contributed by atoms with Gasteiger partial charge in [-0.3, -0.25) is 0 Å². The van der Waals surface area contributed by atoms with Crippen molar-refractivity contribution in [3.8, 4) is 11.1 Å². The summed E-state index contributed by atoms with van der Waals surface area (Å²) in [6.45, 7) is 0.571. The van der Waals surface area contributed by atoms with Gasteiger partial charge in [-0.15, -0.1) is 11.3 Å². The van der Waals surface area contributed by atoms with Gasteiger partial charge in [0.05, 0.1) is 15.8 Å². The molecule has 0 radical (unpaired) electrons. The number of carboxylic acid groups (broad SMARTS) is 1. The number of hydrogen-bond donors (Lipinski definition) is 2. The third-order valence-corrected chi connectivity index (χ3v) is 5.24. The highest BCUT2D eigenvalue weighted by atomic mass is 35.5. The first-order chi connectivity index (χ1) is 13.1. The van der Waals surface area contributed by atoms with Crippen LogP contribution >= 0.6 is 22.9 Å². The molecule has 0 aliphatic heterocycles. The molecule has 0 saturated heterocycles. The van der Waals surface area contributed by atoms with Gasteiger partial charge >= 0.3 is 5.97 Å². The normalized spacial score (nSPS) is 10.9. The van der Waals surface area contributed by atoms with Crippen LogP contribution in [0.15, 0.2) is 60.0 Å². The molecule has 2 heterocycles. The highest BCUT2D eigenvalue weighted by Crippen LogP contribution is 2.28. The molecule has 7 heteroatoms. The average Bonchev–Trinajstić information content (AvgIpc) is 3.15. The summed E-state index contributed by atoms with van der Waals surface area (Å²) in [5.74, 6) is -0.225. The van der Waals surface area contributed by atoms with Crippen molar-refractivity contribution in [3.63, 3.8) is 0 Å². The maximum Gasteiger partial charge on any atom is 0.336 e. The number of carbonyl (C=O) groups is 1. The third kappa shape index (κ3) is 3.63. The summed E-state index contributed by atoms with van der Waals surface area (Å²) in [7, 11) is 0. The minimum atomic E-state index is -0.933. The second-order valence-electron chi connectivity index (χ2n) is 5.88. The first kappa shape index (κ1) is 17.5. The Hall–Kier alpha value is -2.96. The number of rotatable bonds is 5. The van der Waals surface area contributed by atoms with Crippen molar-refractivity contribution < 1.29 is 9.90 Å². The molecule has 0 aliphatic carbocycles. The summed E-state index contributed by atoms with van der Waals surface area (Å²) in [5, 5.41) is 14.8. The van der Waals surface area contributed by atoms with Crippen molar-refractivity contribution in [2.75, 3.05) is 5.32 Å². The molecule has 2 aromatic heterocycles. The third-order valence-electron chi connectivity index (χ3n) is 4.16. The molecule has 134 valence electrons. The Bertz CT molecular complexity index is 1130. The second kappa shape index (κ2) is 7.34. The smallest absolute Gasteiger partial charge is 0.336 e. The number of halogens is 1. The van der Waals surface area contributed by atoms with Crippen molar-refractivity contribution >= 4 is 44.9 Å². The highest BCUT2D eigenvalue weighted by molar-refractivity contribution is 7.17. The minimum absolute atomic E-state index is 0.212. The molecule has 4 rings (SSSR count). The number of carboxylic acids is 1. The predicted molar refractivity (Wildman–Crippen MR) is 109 cm³/mol. The van der Waals surface area contributed by atoms with Crippen LogP contribution in [0.5, 0.6) is 0 Å². The molecule has 0 atom stereocenters. The molecule has 5 nitrogen and oxygen atoms in total. The molecule has 0 spiro atoms. The Balaban J connectivity index is 1.55. The van der Waals surface area contributed by atoms with E-state index < -0.39 is 5.97 Å². The number of aromatic carboxylic acids is 1. The van der Waals surface area contributed by atoms with Gasteiger partial charge in [0.1, 0.15) is 5.82 Å². The number of benzene rings is 2. The number of aromatic nitrogens is 2. The van der Waals surface area contributed by atoms with Gasteiger partial charge in [0.15, 0.2) is 0 Å². The lowest BCUT2D eigenvalue weighted by molar-refractivity contribution is 0.0697. The fourth-order valence-electron chi connectivity index (χ4n) is 2.86. The fraction of sp³-hybridized carbons (Fsp3) is 0.0500. The molecule has 27 heavy (non-hydrogen) atoms. The first-order valence-corrected chi connectivity index (χ1v) is 9.44. The predicted octanol–water partition coefficient (Wildman–Crippen LogP) is 5.32. The van der Waals surface area contributed by atoms with Crippen LogP contribution in [0, 0.1) is 0 Å².